The highest BCUT2D eigenvalue weighted by Gasteiger charge is 2.10. The van der Waals surface area contributed by atoms with Crippen LogP contribution in [0.15, 0.2) is 0 Å². The maximum Gasteiger partial charge on any atom is 0.234 e. The largest absolute Gasteiger partial charge is 0.388 e. The Hall–Kier alpha value is -1.25. The van der Waals surface area contributed by atoms with Crippen LogP contribution in [0, 0.1) is 0 Å². The minimum Gasteiger partial charge on any atom is -0.388 e. The van der Waals surface area contributed by atoms with E-state index < -0.39 is 0 Å². The van der Waals surface area contributed by atoms with E-state index in [0.717, 1.165) is 11.5 Å². The number of hydrogen-bond donors (Lipinski definition) is 2. The Morgan fingerprint density at radius 3 is 3.00 bits per heavy atom. The van der Waals surface area contributed by atoms with E-state index in [0.29, 0.717) is 36.9 Å². The van der Waals surface area contributed by atoms with Gasteiger partial charge in [0.1, 0.15) is 10.7 Å². The second kappa shape index (κ2) is 7.15. The first kappa shape index (κ1) is 13.8. The van der Waals surface area contributed by atoms with Crippen LogP contribution < -0.4 is 11.1 Å². The van der Waals surface area contributed by atoms with E-state index in [2.05, 4.69) is 14.9 Å². The Labute approximate surface area is 104 Å². The number of methoxy groups -OCH3 is 1. The molecule has 0 unspecified atom stereocenters. The molecule has 1 rings (SSSR count). The second-order valence-electron chi connectivity index (χ2n) is 3.60. The molecule has 0 atom stereocenters. The van der Waals surface area contributed by atoms with Gasteiger partial charge in [-0.05, 0) is 7.05 Å². The number of rotatable bonds is 7. The summed E-state index contributed by atoms with van der Waals surface area (Å²) >= 11 is 1.16. The predicted octanol–water partition coefficient (Wildman–Crippen LogP) is -0.685. The topological polar surface area (TPSA) is 93.4 Å². The molecule has 96 valence electrons. The lowest BCUT2D eigenvalue weighted by molar-refractivity contribution is -0.122. The first-order chi connectivity index (χ1) is 8.13. The maximum atomic E-state index is 11.5. The van der Waals surface area contributed by atoms with Crippen molar-refractivity contribution >= 4 is 22.4 Å². The van der Waals surface area contributed by atoms with Crippen LogP contribution in [0.4, 0.5) is 5.00 Å². The van der Waals surface area contributed by atoms with E-state index in [1.54, 1.807) is 7.11 Å². The Balaban J connectivity index is 2.27. The standard InChI is InChI=1S/C9H17N5O2S/c1-14(5-7-9(10)17-13-12-7)6-8(15)11-3-4-16-2/h3-6,10H2,1-2H3,(H,11,15). The summed E-state index contributed by atoms with van der Waals surface area (Å²) < 4.78 is 8.57. The third kappa shape index (κ3) is 5.07. The quantitative estimate of drug-likeness (QED) is 0.630. The fourth-order valence-electron chi connectivity index (χ4n) is 1.23. The number of aromatic nitrogens is 2. The first-order valence-electron chi connectivity index (χ1n) is 5.14. The van der Waals surface area contributed by atoms with Gasteiger partial charge in [-0.15, -0.1) is 5.10 Å². The smallest absolute Gasteiger partial charge is 0.234 e. The lowest BCUT2D eigenvalue weighted by Gasteiger charge is -2.14. The molecule has 0 bridgehead atoms. The average molecular weight is 259 g/mol. The molecule has 8 heteroatoms. The van der Waals surface area contributed by atoms with Crippen molar-refractivity contribution in [3.05, 3.63) is 5.69 Å². The van der Waals surface area contributed by atoms with Crippen molar-refractivity contribution in [1.82, 2.24) is 19.8 Å². The van der Waals surface area contributed by atoms with Gasteiger partial charge >= 0.3 is 0 Å². The molecule has 3 N–H and O–H groups in total. The molecular weight excluding hydrogens is 242 g/mol. The van der Waals surface area contributed by atoms with Crippen molar-refractivity contribution in [1.29, 1.82) is 0 Å². The van der Waals surface area contributed by atoms with Crippen molar-refractivity contribution in [2.75, 3.05) is 39.6 Å². The molecule has 0 aromatic carbocycles. The molecular formula is C9H17N5O2S. The van der Waals surface area contributed by atoms with E-state index in [1.807, 2.05) is 11.9 Å². The normalized spacial score (nSPS) is 10.8. The first-order valence-corrected chi connectivity index (χ1v) is 5.91. The summed E-state index contributed by atoms with van der Waals surface area (Å²) in [5, 5.41) is 7.22. The summed E-state index contributed by atoms with van der Waals surface area (Å²) in [5.41, 5.74) is 6.38. The number of ether oxygens (including phenoxy) is 1. The van der Waals surface area contributed by atoms with Crippen molar-refractivity contribution in [2.45, 2.75) is 6.54 Å². The summed E-state index contributed by atoms with van der Waals surface area (Å²) in [4.78, 5) is 13.3. The van der Waals surface area contributed by atoms with Gasteiger partial charge in [-0.1, -0.05) is 4.49 Å². The molecule has 0 aliphatic heterocycles. The Bertz CT molecular complexity index is 357. The van der Waals surface area contributed by atoms with Gasteiger partial charge in [-0.3, -0.25) is 9.69 Å². The van der Waals surface area contributed by atoms with Crippen molar-refractivity contribution in [3.63, 3.8) is 0 Å². The highest BCUT2D eigenvalue weighted by molar-refractivity contribution is 7.09. The summed E-state index contributed by atoms with van der Waals surface area (Å²) in [7, 11) is 3.42. The number of carbonyl (C=O) groups is 1. The molecule has 0 radical (unpaired) electrons. The zero-order chi connectivity index (χ0) is 12.7. The number of nitrogen functional groups attached to an aromatic ring is 1. The number of amides is 1. The summed E-state index contributed by atoms with van der Waals surface area (Å²) in [5.74, 6) is -0.0497. The van der Waals surface area contributed by atoms with Gasteiger partial charge in [0.25, 0.3) is 0 Å². The van der Waals surface area contributed by atoms with Crippen LogP contribution in [0.3, 0.4) is 0 Å². The number of nitrogens with one attached hydrogen (secondary N) is 1. The minimum absolute atomic E-state index is 0.0497. The lowest BCUT2D eigenvalue weighted by Crippen LogP contribution is -2.36. The van der Waals surface area contributed by atoms with E-state index >= 15 is 0 Å². The van der Waals surface area contributed by atoms with E-state index in [-0.39, 0.29) is 5.91 Å². The Morgan fingerprint density at radius 1 is 1.65 bits per heavy atom. The molecule has 0 saturated heterocycles. The van der Waals surface area contributed by atoms with Gasteiger partial charge in [0, 0.05) is 31.7 Å². The minimum atomic E-state index is -0.0497. The Kier molecular flexibility index (Phi) is 5.81. The van der Waals surface area contributed by atoms with E-state index in [1.165, 1.54) is 0 Å². The van der Waals surface area contributed by atoms with Crippen LogP contribution >= 0.6 is 11.5 Å². The second-order valence-corrected chi connectivity index (χ2v) is 4.38. The zero-order valence-electron chi connectivity index (χ0n) is 9.97. The summed E-state index contributed by atoms with van der Waals surface area (Å²) in [6, 6.07) is 0. The van der Waals surface area contributed by atoms with Crippen molar-refractivity contribution in [3.8, 4) is 0 Å². The van der Waals surface area contributed by atoms with Crippen LogP contribution in [-0.2, 0) is 16.1 Å². The molecule has 1 heterocycles. The third-order valence-electron chi connectivity index (χ3n) is 2.05. The molecule has 0 aliphatic carbocycles. The van der Waals surface area contributed by atoms with Crippen molar-refractivity contribution in [2.24, 2.45) is 0 Å². The van der Waals surface area contributed by atoms with E-state index in [9.17, 15) is 4.79 Å². The molecule has 0 spiro atoms. The highest BCUT2D eigenvalue weighted by Crippen LogP contribution is 2.13. The van der Waals surface area contributed by atoms with Gasteiger partial charge in [0.2, 0.25) is 5.91 Å². The molecule has 1 aromatic rings. The van der Waals surface area contributed by atoms with Crippen LogP contribution in [-0.4, -0.2) is 54.2 Å². The third-order valence-corrected chi connectivity index (χ3v) is 2.64. The average Bonchev–Trinajstić information content (AvgIpc) is 2.64. The number of hydrogen-bond acceptors (Lipinski definition) is 7. The van der Waals surface area contributed by atoms with Crippen molar-refractivity contribution < 1.29 is 9.53 Å². The molecule has 0 saturated carbocycles. The van der Waals surface area contributed by atoms with Crippen LogP contribution in [0.5, 0.6) is 0 Å². The molecule has 17 heavy (non-hydrogen) atoms. The van der Waals surface area contributed by atoms with Crippen LogP contribution in [0.2, 0.25) is 0 Å². The number of nitrogens with zero attached hydrogens (tertiary/aromatic N) is 3. The number of likely N-dealkylation sites (N-methyl/N-ethyl adjacent to an activating group) is 1. The number of nitrogens with two attached hydrogens (primary N) is 1. The Morgan fingerprint density at radius 2 is 2.41 bits per heavy atom. The fourth-order valence-corrected chi connectivity index (χ4v) is 1.67. The fraction of sp³-hybridized carbons (Fsp3) is 0.667. The number of anilines is 1. The van der Waals surface area contributed by atoms with Crippen LogP contribution in [0.25, 0.3) is 0 Å². The molecule has 1 aromatic heterocycles. The van der Waals surface area contributed by atoms with Gasteiger partial charge in [0.15, 0.2) is 0 Å². The molecule has 0 aliphatic rings. The predicted molar refractivity (Wildman–Crippen MR) is 65.5 cm³/mol. The van der Waals surface area contributed by atoms with Gasteiger partial charge < -0.3 is 15.8 Å². The van der Waals surface area contributed by atoms with Gasteiger partial charge in [-0.25, -0.2) is 0 Å². The monoisotopic (exact) mass is 259 g/mol. The zero-order valence-corrected chi connectivity index (χ0v) is 10.8. The highest BCUT2D eigenvalue weighted by atomic mass is 32.1. The SMILES string of the molecule is COCCNC(=O)CN(C)Cc1nnsc1N. The van der Waals surface area contributed by atoms with Crippen LogP contribution in [0.1, 0.15) is 5.69 Å². The summed E-state index contributed by atoms with van der Waals surface area (Å²) in [6.07, 6.45) is 0. The molecule has 1 amide bonds. The molecule has 7 nitrogen and oxygen atoms in total. The van der Waals surface area contributed by atoms with E-state index in [4.69, 9.17) is 10.5 Å². The lowest BCUT2D eigenvalue weighted by atomic mass is 10.4. The maximum absolute atomic E-state index is 11.5. The molecule has 0 fully saturated rings. The van der Waals surface area contributed by atoms with Gasteiger partial charge in [-0.2, -0.15) is 0 Å². The number of carbonyl (C=O) groups excluding carboxylic acids is 1. The summed E-state index contributed by atoms with van der Waals surface area (Å²) in [6.45, 7) is 1.84. The van der Waals surface area contributed by atoms with Gasteiger partial charge in [0.05, 0.1) is 13.2 Å².